The Morgan fingerprint density at radius 3 is 2.44 bits per heavy atom. The van der Waals surface area contributed by atoms with E-state index in [1.807, 2.05) is 18.5 Å². The molecule has 0 fully saturated rings. The summed E-state index contributed by atoms with van der Waals surface area (Å²) in [7, 11) is 0. The topological polar surface area (TPSA) is 22.0 Å². The van der Waals surface area contributed by atoms with Gasteiger partial charge in [0.1, 0.15) is 0 Å². The van der Waals surface area contributed by atoms with Gasteiger partial charge in [0.15, 0.2) is 6.29 Å². The highest BCUT2D eigenvalue weighted by atomic mass is 16.1. The van der Waals surface area contributed by atoms with Crippen LogP contribution in [0, 0.1) is 0 Å². The summed E-state index contributed by atoms with van der Waals surface area (Å²) < 4.78 is 2.11. The molecule has 0 aliphatic rings. The van der Waals surface area contributed by atoms with Gasteiger partial charge in [0.2, 0.25) is 0 Å². The minimum absolute atomic E-state index is 0.781. The van der Waals surface area contributed by atoms with Crippen LogP contribution in [0.15, 0.2) is 18.5 Å². The lowest BCUT2D eigenvalue weighted by Crippen LogP contribution is -1.94. The largest absolute Gasteiger partial charge is 0.354 e. The van der Waals surface area contributed by atoms with Gasteiger partial charge >= 0.3 is 0 Å². The monoisotopic (exact) mass is 221 g/mol. The van der Waals surface area contributed by atoms with Crippen LogP contribution in [0.3, 0.4) is 0 Å². The lowest BCUT2D eigenvalue weighted by Gasteiger charge is -2.02. The number of unbranched alkanes of at least 4 members (excludes halogenated alkanes) is 6. The molecule has 0 radical (unpaired) electrons. The lowest BCUT2D eigenvalue weighted by atomic mass is 10.1. The predicted molar refractivity (Wildman–Crippen MR) is 67.8 cm³/mol. The smallest absolute Gasteiger partial charge is 0.151 e. The molecule has 0 aromatic carbocycles. The van der Waals surface area contributed by atoms with E-state index in [2.05, 4.69) is 11.5 Å². The second-order valence-corrected chi connectivity index (χ2v) is 4.42. The molecule has 1 aromatic heterocycles. The Kier molecular flexibility index (Phi) is 6.62. The Morgan fingerprint density at radius 1 is 1.12 bits per heavy atom. The van der Waals surface area contributed by atoms with Crippen LogP contribution in [0.25, 0.3) is 0 Å². The van der Waals surface area contributed by atoms with Crippen molar-refractivity contribution in [1.82, 2.24) is 4.57 Å². The average molecular weight is 221 g/mol. The molecule has 1 heterocycles. The lowest BCUT2D eigenvalue weighted by molar-refractivity contribution is 0.112. The molecule has 0 spiro atoms. The highest BCUT2D eigenvalue weighted by Gasteiger charge is 1.95. The summed E-state index contributed by atoms with van der Waals surface area (Å²) in [4.78, 5) is 10.5. The Hall–Kier alpha value is -1.05. The zero-order chi connectivity index (χ0) is 11.6. The van der Waals surface area contributed by atoms with E-state index in [1.54, 1.807) is 0 Å². The fourth-order valence-electron chi connectivity index (χ4n) is 1.92. The maximum Gasteiger partial charge on any atom is 0.151 e. The number of aryl methyl sites for hydroxylation is 1. The molecule has 2 heteroatoms. The molecule has 1 rings (SSSR count). The molecule has 0 N–H and O–H groups in total. The summed E-state index contributed by atoms with van der Waals surface area (Å²) in [5.74, 6) is 0. The molecule has 0 saturated heterocycles. The first-order valence-electron chi connectivity index (χ1n) is 6.47. The number of aromatic nitrogens is 1. The number of carbonyl (C=O) groups is 1. The summed E-state index contributed by atoms with van der Waals surface area (Å²) in [6.07, 6.45) is 14.1. The molecule has 90 valence electrons. The maximum absolute atomic E-state index is 10.5. The number of carbonyl (C=O) groups excluding carboxylic acids is 1. The van der Waals surface area contributed by atoms with E-state index in [0.717, 1.165) is 18.4 Å². The van der Waals surface area contributed by atoms with Crippen LogP contribution in [0.4, 0.5) is 0 Å². The molecule has 16 heavy (non-hydrogen) atoms. The van der Waals surface area contributed by atoms with E-state index in [9.17, 15) is 4.79 Å². The normalized spacial score (nSPS) is 10.6. The second-order valence-electron chi connectivity index (χ2n) is 4.42. The van der Waals surface area contributed by atoms with E-state index in [0.29, 0.717) is 0 Å². The van der Waals surface area contributed by atoms with Crippen LogP contribution in [-0.2, 0) is 6.54 Å². The number of hydrogen-bond acceptors (Lipinski definition) is 1. The number of rotatable bonds is 9. The van der Waals surface area contributed by atoms with Gasteiger partial charge in [-0.3, -0.25) is 4.79 Å². The summed E-state index contributed by atoms with van der Waals surface area (Å²) >= 11 is 0. The highest BCUT2D eigenvalue weighted by molar-refractivity contribution is 5.74. The van der Waals surface area contributed by atoms with Crippen molar-refractivity contribution in [3.8, 4) is 0 Å². The van der Waals surface area contributed by atoms with Crippen molar-refractivity contribution in [2.75, 3.05) is 0 Å². The number of hydrogen-bond donors (Lipinski definition) is 0. The quantitative estimate of drug-likeness (QED) is 0.455. The SMILES string of the molecule is CCCCCCCCCn1ccc(C=O)c1. The zero-order valence-electron chi connectivity index (χ0n) is 10.3. The van der Waals surface area contributed by atoms with E-state index in [-0.39, 0.29) is 0 Å². The average Bonchev–Trinajstić information content (AvgIpc) is 2.76. The minimum atomic E-state index is 0.781. The Balaban J connectivity index is 2.00. The van der Waals surface area contributed by atoms with Crippen LogP contribution in [-0.4, -0.2) is 10.9 Å². The first kappa shape index (κ1) is 13.0. The van der Waals surface area contributed by atoms with Crippen molar-refractivity contribution in [2.24, 2.45) is 0 Å². The van der Waals surface area contributed by atoms with Gasteiger partial charge in [-0.15, -0.1) is 0 Å². The van der Waals surface area contributed by atoms with Crippen LogP contribution in [0.5, 0.6) is 0 Å². The first-order valence-corrected chi connectivity index (χ1v) is 6.47. The predicted octanol–water partition coefficient (Wildman–Crippen LogP) is 4.05. The Morgan fingerprint density at radius 2 is 1.81 bits per heavy atom. The van der Waals surface area contributed by atoms with Crippen molar-refractivity contribution in [1.29, 1.82) is 0 Å². The molecule has 0 atom stereocenters. The molecule has 2 nitrogen and oxygen atoms in total. The summed E-state index contributed by atoms with van der Waals surface area (Å²) in [6.45, 7) is 3.29. The molecule has 0 saturated carbocycles. The molecular weight excluding hydrogens is 198 g/mol. The van der Waals surface area contributed by atoms with Gasteiger partial charge in [-0.2, -0.15) is 0 Å². The number of aldehydes is 1. The third-order valence-corrected chi connectivity index (χ3v) is 2.93. The highest BCUT2D eigenvalue weighted by Crippen LogP contribution is 2.08. The van der Waals surface area contributed by atoms with Crippen molar-refractivity contribution >= 4 is 6.29 Å². The minimum Gasteiger partial charge on any atom is -0.354 e. The van der Waals surface area contributed by atoms with Crippen molar-refractivity contribution in [3.63, 3.8) is 0 Å². The van der Waals surface area contributed by atoms with Crippen LogP contribution in [0.1, 0.15) is 62.2 Å². The summed E-state index contributed by atoms with van der Waals surface area (Å²) in [5.41, 5.74) is 0.781. The molecule has 0 unspecified atom stereocenters. The molecule has 1 aromatic rings. The Labute approximate surface area is 98.7 Å². The third-order valence-electron chi connectivity index (χ3n) is 2.93. The second kappa shape index (κ2) is 8.14. The van der Waals surface area contributed by atoms with Crippen LogP contribution >= 0.6 is 0 Å². The van der Waals surface area contributed by atoms with E-state index < -0.39 is 0 Å². The van der Waals surface area contributed by atoms with Crippen LogP contribution < -0.4 is 0 Å². The van der Waals surface area contributed by atoms with Crippen molar-refractivity contribution in [2.45, 2.75) is 58.4 Å². The summed E-state index contributed by atoms with van der Waals surface area (Å²) in [5, 5.41) is 0. The van der Waals surface area contributed by atoms with Gasteiger partial charge in [-0.05, 0) is 12.5 Å². The van der Waals surface area contributed by atoms with Gasteiger partial charge in [0, 0.05) is 24.5 Å². The fourth-order valence-corrected chi connectivity index (χ4v) is 1.92. The first-order chi connectivity index (χ1) is 7.86. The molecule has 0 amide bonds. The van der Waals surface area contributed by atoms with E-state index in [1.165, 1.54) is 44.9 Å². The fraction of sp³-hybridized carbons (Fsp3) is 0.643. The van der Waals surface area contributed by atoms with Crippen molar-refractivity contribution < 1.29 is 4.79 Å². The van der Waals surface area contributed by atoms with Gasteiger partial charge in [0.05, 0.1) is 0 Å². The van der Waals surface area contributed by atoms with Gasteiger partial charge in [-0.25, -0.2) is 0 Å². The third kappa shape index (κ3) is 5.15. The van der Waals surface area contributed by atoms with Gasteiger partial charge in [-0.1, -0.05) is 45.4 Å². The maximum atomic E-state index is 10.5. The van der Waals surface area contributed by atoms with E-state index >= 15 is 0 Å². The number of nitrogens with zero attached hydrogens (tertiary/aromatic N) is 1. The standard InChI is InChI=1S/C14H23NO/c1-2-3-4-5-6-7-8-10-15-11-9-14(12-15)13-16/h9,11-13H,2-8,10H2,1H3. The van der Waals surface area contributed by atoms with Gasteiger partial charge < -0.3 is 4.57 Å². The van der Waals surface area contributed by atoms with Crippen LogP contribution in [0.2, 0.25) is 0 Å². The van der Waals surface area contributed by atoms with Crippen molar-refractivity contribution in [3.05, 3.63) is 24.0 Å². The van der Waals surface area contributed by atoms with E-state index in [4.69, 9.17) is 0 Å². The zero-order valence-corrected chi connectivity index (χ0v) is 10.3. The molecule has 0 bridgehead atoms. The molecule has 0 aliphatic carbocycles. The molecular formula is C14H23NO. The summed E-state index contributed by atoms with van der Waals surface area (Å²) in [6, 6.07) is 1.87. The molecule has 0 aliphatic heterocycles. The Bertz CT molecular complexity index is 291. The van der Waals surface area contributed by atoms with Gasteiger partial charge in [0.25, 0.3) is 0 Å².